The molecule has 1 rings (SSSR count). The van der Waals surface area contributed by atoms with Gasteiger partial charge in [0.15, 0.2) is 0 Å². The molecule has 1 heterocycles. The van der Waals surface area contributed by atoms with Crippen molar-refractivity contribution < 1.29 is 0 Å². The Kier molecular flexibility index (Phi) is 4.37. The Morgan fingerprint density at radius 1 is 1.38 bits per heavy atom. The van der Waals surface area contributed by atoms with Crippen molar-refractivity contribution in [3.63, 3.8) is 0 Å². The summed E-state index contributed by atoms with van der Waals surface area (Å²) in [6.07, 6.45) is 11.6. The van der Waals surface area contributed by atoms with E-state index in [1.165, 1.54) is 31.3 Å². The highest BCUT2D eigenvalue weighted by Gasteiger charge is 1.94. The minimum Gasteiger partial charge on any atom is -0.390 e. The third-order valence-electron chi connectivity index (χ3n) is 2.24. The highest BCUT2D eigenvalue weighted by Crippen LogP contribution is 2.10. The van der Waals surface area contributed by atoms with Gasteiger partial charge >= 0.3 is 0 Å². The number of hydrogen-bond donors (Lipinski definition) is 1. The topological polar surface area (TPSA) is 12.0 Å². The van der Waals surface area contributed by atoms with E-state index < -0.39 is 0 Å². The van der Waals surface area contributed by atoms with E-state index in [4.69, 9.17) is 0 Å². The number of rotatable bonds is 1. The first-order chi connectivity index (χ1) is 6.30. The van der Waals surface area contributed by atoms with Crippen molar-refractivity contribution >= 4 is 0 Å². The van der Waals surface area contributed by atoms with Gasteiger partial charge in [0.2, 0.25) is 0 Å². The van der Waals surface area contributed by atoms with Gasteiger partial charge in [0.05, 0.1) is 0 Å². The molecule has 0 amide bonds. The highest BCUT2D eigenvalue weighted by atomic mass is 14.8. The first-order valence-electron chi connectivity index (χ1n) is 5.06. The van der Waals surface area contributed by atoms with Crippen LogP contribution in [0.1, 0.15) is 32.6 Å². The lowest BCUT2D eigenvalue weighted by molar-refractivity contribution is 0.657. The Balaban J connectivity index is 2.60. The van der Waals surface area contributed by atoms with Crippen LogP contribution in [0.4, 0.5) is 0 Å². The molecule has 0 bridgehead atoms. The summed E-state index contributed by atoms with van der Waals surface area (Å²) in [5.74, 6) is 0. The summed E-state index contributed by atoms with van der Waals surface area (Å²) < 4.78 is 0. The van der Waals surface area contributed by atoms with Gasteiger partial charge in [-0.05, 0) is 37.3 Å². The quantitative estimate of drug-likeness (QED) is 0.648. The lowest BCUT2D eigenvalue weighted by atomic mass is 10.1. The minimum absolute atomic E-state index is 1.09. The lowest BCUT2D eigenvalue weighted by Crippen LogP contribution is -2.08. The third kappa shape index (κ3) is 3.97. The van der Waals surface area contributed by atoms with Crippen molar-refractivity contribution in [3.8, 4) is 0 Å². The van der Waals surface area contributed by atoms with Gasteiger partial charge in [-0.1, -0.05) is 25.2 Å². The van der Waals surface area contributed by atoms with Gasteiger partial charge in [-0.2, -0.15) is 0 Å². The summed E-state index contributed by atoms with van der Waals surface area (Å²) in [7, 11) is 0. The molecule has 0 unspecified atom stereocenters. The van der Waals surface area contributed by atoms with E-state index in [0.717, 1.165) is 12.1 Å². The molecule has 0 aromatic heterocycles. The highest BCUT2D eigenvalue weighted by molar-refractivity contribution is 5.35. The summed E-state index contributed by atoms with van der Waals surface area (Å²) in [5, 5.41) is 3.31. The molecule has 0 saturated carbocycles. The van der Waals surface area contributed by atoms with Crippen molar-refractivity contribution in [3.05, 3.63) is 36.1 Å². The van der Waals surface area contributed by atoms with Crippen LogP contribution in [-0.2, 0) is 0 Å². The lowest BCUT2D eigenvalue weighted by Gasteiger charge is -2.06. The van der Waals surface area contributed by atoms with E-state index in [1.807, 2.05) is 6.92 Å². The zero-order valence-corrected chi connectivity index (χ0v) is 8.47. The fourth-order valence-corrected chi connectivity index (χ4v) is 1.37. The van der Waals surface area contributed by atoms with Gasteiger partial charge in [0.1, 0.15) is 0 Å². The molecule has 1 heteroatoms. The van der Waals surface area contributed by atoms with Crippen LogP contribution in [0.5, 0.6) is 0 Å². The molecule has 0 atom stereocenters. The van der Waals surface area contributed by atoms with Crippen LogP contribution in [0.3, 0.4) is 0 Å². The van der Waals surface area contributed by atoms with Crippen LogP contribution >= 0.6 is 0 Å². The van der Waals surface area contributed by atoms with Crippen LogP contribution in [0, 0.1) is 0 Å². The maximum atomic E-state index is 3.95. The monoisotopic (exact) mass is 177 g/mol. The Morgan fingerprint density at radius 2 is 2.23 bits per heavy atom. The molecular formula is C12H19N. The molecule has 1 aliphatic rings. The maximum Gasteiger partial charge on any atom is 0.0141 e. The van der Waals surface area contributed by atoms with Crippen LogP contribution in [0.2, 0.25) is 0 Å². The van der Waals surface area contributed by atoms with Gasteiger partial charge in [-0.25, -0.2) is 0 Å². The molecule has 0 aromatic rings. The number of allylic oxidation sites excluding steroid dienone is 4. The molecule has 1 nitrogen and oxygen atoms in total. The Hall–Kier alpha value is -0.980. The van der Waals surface area contributed by atoms with E-state index in [9.17, 15) is 0 Å². The third-order valence-corrected chi connectivity index (χ3v) is 2.24. The van der Waals surface area contributed by atoms with Crippen LogP contribution < -0.4 is 5.32 Å². The zero-order chi connectivity index (χ0) is 9.52. The number of hydrogen-bond acceptors (Lipinski definition) is 1. The average Bonchev–Trinajstić information content (AvgIpc) is 2.14. The Labute approximate surface area is 81.2 Å². The molecule has 1 N–H and O–H groups in total. The molecule has 72 valence electrons. The fraction of sp³-hybridized carbons (Fsp3) is 0.500. The van der Waals surface area contributed by atoms with Crippen LogP contribution in [0.25, 0.3) is 0 Å². The molecule has 1 aliphatic heterocycles. The van der Waals surface area contributed by atoms with Crippen molar-refractivity contribution in [1.82, 2.24) is 5.32 Å². The van der Waals surface area contributed by atoms with Crippen LogP contribution in [-0.4, -0.2) is 6.54 Å². The Morgan fingerprint density at radius 3 is 3.00 bits per heavy atom. The molecule has 0 spiro atoms. The summed E-state index contributed by atoms with van der Waals surface area (Å²) in [5.41, 5.74) is 2.35. The van der Waals surface area contributed by atoms with Gasteiger partial charge in [0, 0.05) is 12.7 Å². The van der Waals surface area contributed by atoms with Crippen molar-refractivity contribution in [1.29, 1.82) is 0 Å². The van der Waals surface area contributed by atoms with E-state index in [-0.39, 0.29) is 0 Å². The normalized spacial score (nSPS) is 18.7. The molecule has 0 radical (unpaired) electrons. The number of nitrogens with one attached hydrogen (secondary N) is 1. The second-order valence-electron chi connectivity index (χ2n) is 3.59. The maximum absolute atomic E-state index is 3.95. The second-order valence-corrected chi connectivity index (χ2v) is 3.59. The smallest absolute Gasteiger partial charge is 0.0141 e. The fourth-order valence-electron chi connectivity index (χ4n) is 1.37. The van der Waals surface area contributed by atoms with E-state index in [2.05, 4.69) is 30.2 Å². The van der Waals surface area contributed by atoms with Crippen molar-refractivity contribution in [2.45, 2.75) is 32.6 Å². The SMILES string of the molecule is C=C(C)C1=CNCCCCCC=C1. The predicted octanol–water partition coefficient (Wildman–Crippen LogP) is 3.17. The predicted molar refractivity (Wildman–Crippen MR) is 58.5 cm³/mol. The van der Waals surface area contributed by atoms with Crippen molar-refractivity contribution in [2.24, 2.45) is 0 Å². The van der Waals surface area contributed by atoms with Gasteiger partial charge in [-0.15, -0.1) is 0 Å². The summed E-state index contributed by atoms with van der Waals surface area (Å²) in [4.78, 5) is 0. The van der Waals surface area contributed by atoms with E-state index in [0.29, 0.717) is 0 Å². The summed E-state index contributed by atoms with van der Waals surface area (Å²) in [6, 6.07) is 0. The molecule has 0 aromatic carbocycles. The first-order valence-corrected chi connectivity index (χ1v) is 5.06. The van der Waals surface area contributed by atoms with E-state index in [1.54, 1.807) is 0 Å². The first kappa shape index (κ1) is 10.1. The van der Waals surface area contributed by atoms with Gasteiger partial charge < -0.3 is 5.32 Å². The second kappa shape index (κ2) is 5.63. The standard InChI is InChI=1S/C12H19N/c1-11(2)12-8-6-4-3-5-7-9-13-10-12/h6,8,10,13H,1,3-5,7,9H2,2H3. The molecule has 0 saturated heterocycles. The average molecular weight is 177 g/mol. The summed E-state index contributed by atoms with van der Waals surface area (Å²) in [6.45, 7) is 7.08. The van der Waals surface area contributed by atoms with Crippen molar-refractivity contribution in [2.75, 3.05) is 6.54 Å². The molecule has 13 heavy (non-hydrogen) atoms. The molecule has 0 fully saturated rings. The van der Waals surface area contributed by atoms with Gasteiger partial charge in [-0.3, -0.25) is 0 Å². The largest absolute Gasteiger partial charge is 0.390 e. The van der Waals surface area contributed by atoms with Gasteiger partial charge in [0.25, 0.3) is 0 Å². The zero-order valence-electron chi connectivity index (χ0n) is 8.47. The van der Waals surface area contributed by atoms with Crippen LogP contribution in [0.15, 0.2) is 36.1 Å². The minimum atomic E-state index is 1.09. The molecular weight excluding hydrogens is 158 g/mol. The Bertz CT molecular complexity index is 223. The molecule has 0 aliphatic carbocycles. The summed E-state index contributed by atoms with van der Waals surface area (Å²) >= 11 is 0. The van der Waals surface area contributed by atoms with E-state index >= 15 is 0 Å².